The lowest BCUT2D eigenvalue weighted by Crippen LogP contribution is -1.99. The molecule has 0 N–H and O–H groups in total. The van der Waals surface area contributed by atoms with Gasteiger partial charge in [-0.05, 0) is 30.3 Å². The van der Waals surface area contributed by atoms with Crippen molar-refractivity contribution in [1.29, 1.82) is 0 Å². The highest BCUT2D eigenvalue weighted by Crippen LogP contribution is 2.35. The van der Waals surface area contributed by atoms with Crippen LogP contribution in [-0.4, -0.2) is 16.1 Å². The topological polar surface area (TPSA) is 39.1 Å². The van der Waals surface area contributed by atoms with E-state index < -0.39 is 0 Å². The lowest BCUT2D eigenvalue weighted by atomic mass is 10.1. The number of thiophene rings is 1. The van der Waals surface area contributed by atoms with Gasteiger partial charge in [-0.3, -0.25) is 9.59 Å². The van der Waals surface area contributed by atoms with Crippen LogP contribution in [0.1, 0.15) is 25.6 Å². The Labute approximate surface area is 176 Å². The van der Waals surface area contributed by atoms with E-state index in [1.54, 1.807) is 41.7 Å². The monoisotopic (exact) mass is 405 g/mol. The van der Waals surface area contributed by atoms with Crippen molar-refractivity contribution in [2.75, 3.05) is 0 Å². The van der Waals surface area contributed by atoms with Crippen LogP contribution in [0.25, 0.3) is 32.9 Å². The number of rotatable bonds is 2. The summed E-state index contributed by atoms with van der Waals surface area (Å²) < 4.78 is 2.24. The van der Waals surface area contributed by atoms with Crippen molar-refractivity contribution < 1.29 is 9.59 Å². The van der Waals surface area contributed by atoms with Crippen molar-refractivity contribution in [3.05, 3.63) is 107 Å². The van der Waals surface area contributed by atoms with E-state index in [1.807, 2.05) is 24.3 Å². The van der Waals surface area contributed by atoms with E-state index in [9.17, 15) is 9.59 Å². The number of ketones is 2. The van der Waals surface area contributed by atoms with Gasteiger partial charge in [0.2, 0.25) is 0 Å². The highest BCUT2D eigenvalue weighted by Gasteiger charge is 2.32. The Morgan fingerprint density at radius 3 is 1.77 bits per heavy atom. The number of fused-ring (bicyclic) bond motifs is 4. The number of Topliss-reactive ketones (excluding diaryl/α,β-unsaturated/α-hetero) is 2. The number of aromatic nitrogens is 1. The molecule has 3 aromatic carbocycles. The first-order chi connectivity index (χ1) is 14.7. The maximum absolute atomic E-state index is 12.7. The molecular formula is C26H15NO2S. The number of hydrogen-bond donors (Lipinski definition) is 0. The first-order valence-electron chi connectivity index (χ1n) is 9.71. The van der Waals surface area contributed by atoms with Crippen molar-refractivity contribution in [3.63, 3.8) is 0 Å². The average Bonchev–Trinajstić information content (AvgIpc) is 3.44. The zero-order valence-corrected chi connectivity index (χ0v) is 16.6. The standard InChI is InChI=1S/C26H15NO2S/c28-25-19-9-1-2-10-20(19)26(29)21(25)15-16-13-14-24(30-16)27-22-11-5-3-7-17(22)18-8-4-6-12-23(18)27/h1-15H. The zero-order valence-electron chi connectivity index (χ0n) is 15.8. The van der Waals surface area contributed by atoms with Gasteiger partial charge in [0.05, 0.1) is 16.6 Å². The van der Waals surface area contributed by atoms with Gasteiger partial charge in [-0.1, -0.05) is 60.7 Å². The summed E-state index contributed by atoms with van der Waals surface area (Å²) in [5.41, 5.74) is 3.51. The van der Waals surface area contributed by atoms with Gasteiger partial charge in [-0.15, -0.1) is 11.3 Å². The number of benzene rings is 3. The maximum atomic E-state index is 12.7. The van der Waals surface area contributed by atoms with Gasteiger partial charge in [0.25, 0.3) is 0 Å². The largest absolute Gasteiger partial charge is 0.301 e. The minimum absolute atomic E-state index is 0.192. The predicted molar refractivity (Wildman–Crippen MR) is 122 cm³/mol. The van der Waals surface area contributed by atoms with Gasteiger partial charge in [0.15, 0.2) is 11.6 Å². The molecule has 0 bridgehead atoms. The molecule has 0 amide bonds. The van der Waals surface area contributed by atoms with E-state index in [0.29, 0.717) is 11.1 Å². The molecule has 142 valence electrons. The quantitative estimate of drug-likeness (QED) is 0.255. The molecule has 0 unspecified atom stereocenters. The Morgan fingerprint density at radius 2 is 1.17 bits per heavy atom. The third-order valence-electron chi connectivity index (χ3n) is 5.61. The summed E-state index contributed by atoms with van der Waals surface area (Å²) in [5, 5.41) is 3.46. The Morgan fingerprint density at radius 1 is 0.633 bits per heavy atom. The van der Waals surface area contributed by atoms with Gasteiger partial charge < -0.3 is 4.57 Å². The number of nitrogens with zero attached hydrogens (tertiary/aromatic N) is 1. The summed E-state index contributed by atoms with van der Waals surface area (Å²) in [6.45, 7) is 0. The normalized spacial score (nSPS) is 13.4. The van der Waals surface area contributed by atoms with Crippen LogP contribution in [0.5, 0.6) is 0 Å². The summed E-state index contributed by atoms with van der Waals surface area (Å²) in [5.74, 6) is -0.384. The number of carbonyl (C=O) groups is 2. The molecule has 0 spiro atoms. The SMILES string of the molecule is O=C1C(=Cc2ccc(-n3c4ccccc4c4ccccc43)s2)C(=O)c2ccccc21. The molecule has 0 radical (unpaired) electrons. The average molecular weight is 405 g/mol. The van der Waals surface area contributed by atoms with Gasteiger partial charge in [0.1, 0.15) is 5.00 Å². The smallest absolute Gasteiger partial charge is 0.197 e. The maximum Gasteiger partial charge on any atom is 0.197 e. The molecule has 0 fully saturated rings. The van der Waals surface area contributed by atoms with Crippen LogP contribution in [0, 0.1) is 0 Å². The predicted octanol–water partition coefficient (Wildman–Crippen LogP) is 6.31. The van der Waals surface area contributed by atoms with E-state index in [2.05, 4.69) is 41.0 Å². The minimum Gasteiger partial charge on any atom is -0.301 e. The lowest BCUT2D eigenvalue weighted by Gasteiger charge is -2.03. The van der Waals surface area contributed by atoms with Gasteiger partial charge in [-0.25, -0.2) is 0 Å². The highest BCUT2D eigenvalue weighted by atomic mass is 32.1. The Hall–Kier alpha value is -3.76. The van der Waals surface area contributed by atoms with Gasteiger partial charge in [-0.2, -0.15) is 0 Å². The Bertz CT molecular complexity index is 1440. The lowest BCUT2D eigenvalue weighted by molar-refractivity contribution is 0.0990. The number of carbonyl (C=O) groups excluding carboxylic acids is 2. The van der Waals surface area contributed by atoms with Crippen molar-refractivity contribution in [2.45, 2.75) is 0 Å². The van der Waals surface area contributed by atoms with E-state index in [-0.39, 0.29) is 17.1 Å². The van der Waals surface area contributed by atoms with Crippen molar-refractivity contribution in [1.82, 2.24) is 4.57 Å². The summed E-state index contributed by atoms with van der Waals surface area (Å²) >= 11 is 1.57. The fraction of sp³-hybridized carbons (Fsp3) is 0. The van der Waals surface area contributed by atoms with Crippen LogP contribution in [0.15, 0.2) is 90.5 Å². The summed E-state index contributed by atoms with van der Waals surface area (Å²) in [6.07, 6.45) is 1.73. The number of hydrogen-bond acceptors (Lipinski definition) is 3. The molecule has 6 rings (SSSR count). The molecular weight excluding hydrogens is 390 g/mol. The molecule has 2 heterocycles. The molecule has 0 atom stereocenters. The summed E-state index contributed by atoms with van der Waals surface area (Å²) in [4.78, 5) is 26.3. The Kier molecular flexibility index (Phi) is 3.64. The molecule has 2 aromatic heterocycles. The molecule has 1 aliphatic carbocycles. The van der Waals surface area contributed by atoms with Gasteiger partial charge >= 0.3 is 0 Å². The number of allylic oxidation sites excluding steroid dienone is 1. The third kappa shape index (κ3) is 2.38. The molecule has 4 heteroatoms. The highest BCUT2D eigenvalue weighted by molar-refractivity contribution is 7.15. The first-order valence-corrected chi connectivity index (χ1v) is 10.5. The van der Waals surface area contributed by atoms with E-state index in [1.165, 1.54) is 10.8 Å². The van der Waals surface area contributed by atoms with Crippen molar-refractivity contribution in [2.24, 2.45) is 0 Å². The second kappa shape index (κ2) is 6.37. The third-order valence-corrected chi connectivity index (χ3v) is 6.62. The van der Waals surface area contributed by atoms with Crippen LogP contribution >= 0.6 is 11.3 Å². The van der Waals surface area contributed by atoms with Crippen LogP contribution in [0.2, 0.25) is 0 Å². The van der Waals surface area contributed by atoms with E-state index in [0.717, 1.165) is 20.9 Å². The van der Waals surface area contributed by atoms with Crippen molar-refractivity contribution in [3.8, 4) is 5.00 Å². The minimum atomic E-state index is -0.192. The Balaban J connectivity index is 1.49. The zero-order chi connectivity index (χ0) is 20.2. The van der Waals surface area contributed by atoms with Crippen LogP contribution in [0.4, 0.5) is 0 Å². The van der Waals surface area contributed by atoms with E-state index in [4.69, 9.17) is 0 Å². The second-order valence-corrected chi connectivity index (χ2v) is 8.40. The van der Waals surface area contributed by atoms with Crippen LogP contribution in [-0.2, 0) is 0 Å². The molecule has 0 saturated carbocycles. The molecule has 3 nitrogen and oxygen atoms in total. The summed E-state index contributed by atoms with van der Waals surface area (Å²) in [6, 6.07) is 27.7. The first kappa shape index (κ1) is 17.1. The van der Waals surface area contributed by atoms with Gasteiger partial charge in [0, 0.05) is 26.8 Å². The van der Waals surface area contributed by atoms with Crippen LogP contribution < -0.4 is 0 Å². The molecule has 0 aliphatic heterocycles. The summed E-state index contributed by atoms with van der Waals surface area (Å²) in [7, 11) is 0. The fourth-order valence-corrected chi connectivity index (χ4v) is 5.22. The fourth-order valence-electron chi connectivity index (χ4n) is 4.25. The van der Waals surface area contributed by atoms with E-state index >= 15 is 0 Å². The molecule has 1 aliphatic rings. The van der Waals surface area contributed by atoms with Crippen LogP contribution in [0.3, 0.4) is 0 Å². The molecule has 30 heavy (non-hydrogen) atoms. The molecule has 0 saturated heterocycles. The number of para-hydroxylation sites is 2. The molecule has 5 aromatic rings. The van der Waals surface area contributed by atoms with Crippen molar-refractivity contribution >= 4 is 50.8 Å². The second-order valence-electron chi connectivity index (χ2n) is 7.31.